The summed E-state index contributed by atoms with van der Waals surface area (Å²) in [5, 5.41) is 14.9. The number of fused-ring (bicyclic) bond motifs is 1. The number of rotatable bonds is 6. The van der Waals surface area contributed by atoms with Gasteiger partial charge >= 0.3 is 0 Å². The van der Waals surface area contributed by atoms with Gasteiger partial charge in [-0.3, -0.25) is 4.79 Å². The molecule has 33 heavy (non-hydrogen) atoms. The average Bonchev–Trinajstić information content (AvgIpc) is 3.24. The van der Waals surface area contributed by atoms with Crippen molar-refractivity contribution < 1.29 is 9.53 Å². The normalized spacial score (nSPS) is 14.8. The fourth-order valence-corrected chi connectivity index (χ4v) is 3.72. The standard InChI is InChI=1S/C23H22N8O2/c1-31-20(29-30-21(31)19-7-10-24-14-27-19)13-26-16-5-2-4-15(12-16)22(32)28-18-8-11-33-23-17(18)6-3-9-25-23/h2-7,9-10,12,14,18,26H,8,11,13H2,1H3,(H,28,32). The van der Waals surface area contributed by atoms with E-state index in [2.05, 4.69) is 35.8 Å². The third-order valence-corrected chi connectivity index (χ3v) is 5.48. The smallest absolute Gasteiger partial charge is 0.251 e. The summed E-state index contributed by atoms with van der Waals surface area (Å²) in [5.74, 6) is 1.83. The van der Waals surface area contributed by atoms with Crippen LogP contribution in [-0.4, -0.2) is 42.2 Å². The van der Waals surface area contributed by atoms with E-state index in [9.17, 15) is 4.79 Å². The van der Waals surface area contributed by atoms with E-state index in [0.29, 0.717) is 42.5 Å². The highest BCUT2D eigenvalue weighted by Crippen LogP contribution is 2.29. The van der Waals surface area contributed by atoms with E-state index < -0.39 is 0 Å². The molecule has 0 radical (unpaired) electrons. The van der Waals surface area contributed by atoms with E-state index in [1.54, 1.807) is 24.5 Å². The zero-order valence-corrected chi connectivity index (χ0v) is 18.0. The second-order valence-corrected chi connectivity index (χ2v) is 7.59. The second-order valence-electron chi connectivity index (χ2n) is 7.59. The van der Waals surface area contributed by atoms with Crippen LogP contribution in [0.1, 0.15) is 34.2 Å². The molecule has 0 aliphatic carbocycles. The number of aromatic nitrogens is 6. The average molecular weight is 442 g/mol. The minimum atomic E-state index is -0.148. The Hall–Kier alpha value is -4.34. The van der Waals surface area contributed by atoms with Gasteiger partial charge in [-0.05, 0) is 30.3 Å². The maximum atomic E-state index is 12.9. The van der Waals surface area contributed by atoms with Crippen molar-refractivity contribution in [3.63, 3.8) is 0 Å². The lowest BCUT2D eigenvalue weighted by molar-refractivity contribution is 0.0924. The molecule has 2 N–H and O–H groups in total. The largest absolute Gasteiger partial charge is 0.477 e. The maximum Gasteiger partial charge on any atom is 0.251 e. The molecule has 10 heteroatoms. The molecule has 0 fully saturated rings. The van der Waals surface area contributed by atoms with E-state index in [4.69, 9.17) is 4.74 Å². The molecule has 0 spiro atoms. The predicted octanol–water partition coefficient (Wildman–Crippen LogP) is 2.53. The van der Waals surface area contributed by atoms with Crippen LogP contribution in [0.25, 0.3) is 11.5 Å². The van der Waals surface area contributed by atoms with Gasteiger partial charge in [0.15, 0.2) is 11.6 Å². The van der Waals surface area contributed by atoms with Gasteiger partial charge in [-0.2, -0.15) is 0 Å². The van der Waals surface area contributed by atoms with E-state index >= 15 is 0 Å². The third kappa shape index (κ3) is 4.36. The first kappa shape index (κ1) is 20.6. The first-order valence-electron chi connectivity index (χ1n) is 10.6. The van der Waals surface area contributed by atoms with Crippen molar-refractivity contribution in [3.8, 4) is 17.4 Å². The van der Waals surface area contributed by atoms with Crippen LogP contribution >= 0.6 is 0 Å². The molecule has 5 rings (SSSR count). The first-order valence-corrected chi connectivity index (χ1v) is 10.6. The Kier molecular flexibility index (Phi) is 5.62. The summed E-state index contributed by atoms with van der Waals surface area (Å²) in [6, 6.07) is 12.8. The summed E-state index contributed by atoms with van der Waals surface area (Å²) >= 11 is 0. The molecule has 1 aromatic carbocycles. The molecular weight excluding hydrogens is 420 g/mol. The monoisotopic (exact) mass is 442 g/mol. The van der Waals surface area contributed by atoms with Crippen LogP contribution in [0, 0.1) is 0 Å². The number of anilines is 1. The molecule has 1 amide bonds. The topological polar surface area (TPSA) is 120 Å². The van der Waals surface area contributed by atoms with Crippen LogP contribution in [-0.2, 0) is 13.6 Å². The molecule has 1 unspecified atom stereocenters. The van der Waals surface area contributed by atoms with Crippen molar-refractivity contribution in [2.75, 3.05) is 11.9 Å². The summed E-state index contributed by atoms with van der Waals surface area (Å²) in [6.45, 7) is 0.962. The summed E-state index contributed by atoms with van der Waals surface area (Å²) < 4.78 is 7.46. The number of nitrogens with zero attached hydrogens (tertiary/aromatic N) is 6. The van der Waals surface area contributed by atoms with Gasteiger partial charge in [0.2, 0.25) is 5.88 Å². The summed E-state index contributed by atoms with van der Waals surface area (Å²) in [5.41, 5.74) is 2.97. The molecular formula is C23H22N8O2. The Morgan fingerprint density at radius 3 is 2.97 bits per heavy atom. The lowest BCUT2D eigenvalue weighted by atomic mass is 10.0. The van der Waals surface area contributed by atoms with Crippen LogP contribution in [0.2, 0.25) is 0 Å². The van der Waals surface area contributed by atoms with Crippen LogP contribution in [0.4, 0.5) is 5.69 Å². The minimum Gasteiger partial charge on any atom is -0.477 e. The SMILES string of the molecule is Cn1c(CNc2cccc(C(=O)NC3CCOc4ncccc43)c2)nnc1-c1ccncn1. The van der Waals surface area contributed by atoms with Crippen LogP contribution in [0.15, 0.2) is 61.2 Å². The highest BCUT2D eigenvalue weighted by Gasteiger charge is 2.24. The van der Waals surface area contributed by atoms with Crippen molar-refractivity contribution in [3.05, 3.63) is 78.1 Å². The molecule has 4 heterocycles. The summed E-state index contributed by atoms with van der Waals surface area (Å²) in [4.78, 5) is 25.3. The molecule has 166 valence electrons. The predicted molar refractivity (Wildman–Crippen MR) is 120 cm³/mol. The number of hydrogen-bond acceptors (Lipinski definition) is 8. The van der Waals surface area contributed by atoms with Crippen LogP contribution in [0.5, 0.6) is 5.88 Å². The lowest BCUT2D eigenvalue weighted by Gasteiger charge is -2.25. The van der Waals surface area contributed by atoms with E-state index in [0.717, 1.165) is 17.1 Å². The number of carbonyl (C=O) groups is 1. The molecule has 3 aromatic heterocycles. The van der Waals surface area contributed by atoms with Crippen LogP contribution in [0.3, 0.4) is 0 Å². The van der Waals surface area contributed by atoms with Crippen molar-refractivity contribution in [1.29, 1.82) is 0 Å². The van der Waals surface area contributed by atoms with Gasteiger partial charge in [-0.1, -0.05) is 12.1 Å². The molecule has 0 bridgehead atoms. The summed E-state index contributed by atoms with van der Waals surface area (Å²) in [6.07, 6.45) is 5.53. The number of hydrogen-bond donors (Lipinski definition) is 2. The number of carbonyl (C=O) groups excluding carboxylic acids is 1. The molecule has 1 aliphatic heterocycles. The number of benzene rings is 1. The summed E-state index contributed by atoms with van der Waals surface area (Å²) in [7, 11) is 1.89. The van der Waals surface area contributed by atoms with Gasteiger partial charge < -0.3 is 19.9 Å². The number of pyridine rings is 1. The Bertz CT molecular complexity index is 1270. The molecule has 4 aromatic rings. The Morgan fingerprint density at radius 1 is 1.15 bits per heavy atom. The Balaban J connectivity index is 1.26. The van der Waals surface area contributed by atoms with Crippen molar-refractivity contribution in [1.82, 2.24) is 35.0 Å². The first-order chi connectivity index (χ1) is 16.2. The second kappa shape index (κ2) is 9.03. The fraction of sp³-hybridized carbons (Fsp3) is 0.217. The van der Waals surface area contributed by atoms with Crippen LogP contribution < -0.4 is 15.4 Å². The number of ether oxygens (including phenoxy) is 1. The van der Waals surface area contributed by atoms with Crippen molar-refractivity contribution in [2.24, 2.45) is 7.05 Å². The molecule has 10 nitrogen and oxygen atoms in total. The van der Waals surface area contributed by atoms with Crippen molar-refractivity contribution >= 4 is 11.6 Å². The highest BCUT2D eigenvalue weighted by molar-refractivity contribution is 5.95. The molecule has 0 saturated heterocycles. The maximum absolute atomic E-state index is 12.9. The highest BCUT2D eigenvalue weighted by atomic mass is 16.5. The van der Waals surface area contributed by atoms with Gasteiger partial charge in [-0.25, -0.2) is 15.0 Å². The van der Waals surface area contributed by atoms with E-state index in [1.807, 2.05) is 41.9 Å². The van der Waals surface area contributed by atoms with Gasteiger partial charge in [0.1, 0.15) is 12.0 Å². The Labute approximate surface area is 190 Å². The number of amides is 1. The molecule has 1 atom stereocenters. The van der Waals surface area contributed by atoms with Gasteiger partial charge in [0.25, 0.3) is 5.91 Å². The Morgan fingerprint density at radius 2 is 2.09 bits per heavy atom. The van der Waals surface area contributed by atoms with E-state index in [-0.39, 0.29) is 11.9 Å². The number of nitrogens with one attached hydrogen (secondary N) is 2. The molecule has 1 aliphatic rings. The third-order valence-electron chi connectivity index (χ3n) is 5.48. The lowest BCUT2D eigenvalue weighted by Crippen LogP contribution is -2.32. The quantitative estimate of drug-likeness (QED) is 0.467. The van der Waals surface area contributed by atoms with Gasteiger partial charge in [-0.15, -0.1) is 10.2 Å². The van der Waals surface area contributed by atoms with E-state index in [1.165, 1.54) is 6.33 Å². The van der Waals surface area contributed by atoms with Gasteiger partial charge in [0, 0.05) is 42.7 Å². The van der Waals surface area contributed by atoms with Gasteiger partial charge in [0.05, 0.1) is 19.2 Å². The minimum absolute atomic E-state index is 0.134. The molecule has 0 saturated carbocycles. The zero-order valence-electron chi connectivity index (χ0n) is 18.0. The van der Waals surface area contributed by atoms with Crippen molar-refractivity contribution in [2.45, 2.75) is 19.0 Å². The fourth-order valence-electron chi connectivity index (χ4n) is 3.72. The zero-order chi connectivity index (χ0) is 22.6.